The molecule has 5 atom stereocenters. The van der Waals surface area contributed by atoms with Crippen molar-refractivity contribution in [1.29, 1.82) is 0 Å². The molecule has 2 rings (SSSR count). The van der Waals surface area contributed by atoms with Crippen LogP contribution in [0.5, 0.6) is 0 Å². The third-order valence-corrected chi connectivity index (χ3v) is 4.82. The molecule has 2 aliphatic rings. The van der Waals surface area contributed by atoms with E-state index in [1.165, 1.54) is 12.8 Å². The molecule has 2 fully saturated rings. The molecule has 0 heterocycles. The average molecular weight is 285 g/mol. The van der Waals surface area contributed by atoms with Gasteiger partial charge in [-0.25, -0.2) is 0 Å². The van der Waals surface area contributed by atoms with Gasteiger partial charge >= 0.3 is 0 Å². The summed E-state index contributed by atoms with van der Waals surface area (Å²) in [5, 5.41) is 22.9. The Hall–Kier alpha value is -0.160. The number of hydrogen-bond donors (Lipinski definition) is 3. The Labute approximate surface area is 122 Å². The first-order valence-electron chi connectivity index (χ1n) is 8.33. The fourth-order valence-electron chi connectivity index (χ4n) is 3.53. The summed E-state index contributed by atoms with van der Waals surface area (Å²) < 4.78 is 5.82. The van der Waals surface area contributed by atoms with E-state index in [1.54, 1.807) is 0 Å². The monoisotopic (exact) mass is 285 g/mol. The maximum Gasteiger partial charge on any atom is 0.0897 e. The number of aliphatic hydroxyl groups excluding tert-OH is 2. The molecule has 0 amide bonds. The molecule has 0 radical (unpaired) electrons. The van der Waals surface area contributed by atoms with E-state index in [0.717, 1.165) is 44.6 Å². The molecule has 0 aromatic carbocycles. The molecule has 0 saturated heterocycles. The molecule has 4 nitrogen and oxygen atoms in total. The first-order valence-corrected chi connectivity index (χ1v) is 8.33. The van der Waals surface area contributed by atoms with Gasteiger partial charge in [-0.2, -0.15) is 0 Å². The normalized spacial score (nSPS) is 36.1. The molecule has 0 spiro atoms. The molecule has 0 aromatic rings. The van der Waals surface area contributed by atoms with Crippen molar-refractivity contribution >= 4 is 0 Å². The Morgan fingerprint density at radius 3 is 2.70 bits per heavy atom. The Morgan fingerprint density at radius 2 is 2.00 bits per heavy atom. The van der Waals surface area contributed by atoms with Gasteiger partial charge in [0.05, 0.1) is 24.9 Å². The standard InChI is InChI=1S/C16H31NO3/c1-12-4-2-6-15(8-12)20-11-14(18)10-17-9-13-5-3-7-16(13)19/h12-19H,2-11H2,1H3. The van der Waals surface area contributed by atoms with Crippen LogP contribution in [0, 0.1) is 11.8 Å². The summed E-state index contributed by atoms with van der Waals surface area (Å²) in [6.45, 7) is 4.07. The van der Waals surface area contributed by atoms with Gasteiger partial charge in [0.25, 0.3) is 0 Å². The van der Waals surface area contributed by atoms with Gasteiger partial charge in [0, 0.05) is 13.1 Å². The second-order valence-corrected chi connectivity index (χ2v) is 6.80. The minimum atomic E-state index is -0.439. The highest BCUT2D eigenvalue weighted by Crippen LogP contribution is 2.26. The van der Waals surface area contributed by atoms with Gasteiger partial charge in [0.1, 0.15) is 0 Å². The number of aliphatic hydroxyl groups is 2. The van der Waals surface area contributed by atoms with E-state index in [1.807, 2.05) is 0 Å². The largest absolute Gasteiger partial charge is 0.393 e. The second kappa shape index (κ2) is 8.32. The van der Waals surface area contributed by atoms with E-state index in [-0.39, 0.29) is 6.10 Å². The van der Waals surface area contributed by atoms with Gasteiger partial charge in [-0.3, -0.25) is 0 Å². The predicted octanol–water partition coefficient (Wildman–Crippen LogP) is 1.69. The van der Waals surface area contributed by atoms with E-state index in [0.29, 0.717) is 25.2 Å². The van der Waals surface area contributed by atoms with Crippen LogP contribution in [0.1, 0.15) is 51.9 Å². The van der Waals surface area contributed by atoms with Gasteiger partial charge in [0.15, 0.2) is 0 Å². The van der Waals surface area contributed by atoms with Crippen molar-refractivity contribution < 1.29 is 14.9 Å². The quantitative estimate of drug-likeness (QED) is 0.666. The van der Waals surface area contributed by atoms with Crippen LogP contribution in [0.15, 0.2) is 0 Å². The Balaban J connectivity index is 1.52. The Kier molecular flexibility index (Phi) is 6.75. The lowest BCUT2D eigenvalue weighted by Crippen LogP contribution is -2.36. The molecule has 0 aliphatic heterocycles. The molecule has 2 aliphatic carbocycles. The van der Waals surface area contributed by atoms with Gasteiger partial charge in [-0.15, -0.1) is 0 Å². The van der Waals surface area contributed by atoms with Crippen LogP contribution in [0.3, 0.4) is 0 Å². The number of rotatable bonds is 7. The molecule has 2 saturated carbocycles. The zero-order valence-corrected chi connectivity index (χ0v) is 12.8. The minimum absolute atomic E-state index is 0.153. The molecule has 0 bridgehead atoms. The molecule has 5 unspecified atom stereocenters. The third-order valence-electron chi connectivity index (χ3n) is 4.82. The summed E-state index contributed by atoms with van der Waals surface area (Å²) in [5.74, 6) is 1.12. The van der Waals surface area contributed by atoms with Crippen LogP contribution in [0.2, 0.25) is 0 Å². The van der Waals surface area contributed by atoms with Crippen molar-refractivity contribution in [2.75, 3.05) is 19.7 Å². The number of ether oxygens (including phenoxy) is 1. The summed E-state index contributed by atoms with van der Waals surface area (Å²) in [6, 6.07) is 0. The van der Waals surface area contributed by atoms with Crippen molar-refractivity contribution in [1.82, 2.24) is 5.32 Å². The summed E-state index contributed by atoms with van der Waals surface area (Å²) >= 11 is 0. The maximum absolute atomic E-state index is 9.94. The fourth-order valence-corrected chi connectivity index (χ4v) is 3.53. The smallest absolute Gasteiger partial charge is 0.0897 e. The molecule has 0 aromatic heterocycles. The van der Waals surface area contributed by atoms with Crippen LogP contribution in [0.25, 0.3) is 0 Å². The molecule has 3 N–H and O–H groups in total. The summed E-state index contributed by atoms with van der Waals surface area (Å²) in [6.07, 6.45) is 7.73. The van der Waals surface area contributed by atoms with Crippen molar-refractivity contribution in [3.05, 3.63) is 0 Å². The Morgan fingerprint density at radius 1 is 1.20 bits per heavy atom. The zero-order valence-electron chi connectivity index (χ0n) is 12.8. The fraction of sp³-hybridized carbons (Fsp3) is 1.00. The highest BCUT2D eigenvalue weighted by molar-refractivity contribution is 4.78. The van der Waals surface area contributed by atoms with Crippen LogP contribution in [-0.4, -0.2) is 48.2 Å². The number of nitrogens with one attached hydrogen (secondary N) is 1. The van der Waals surface area contributed by atoms with Crippen molar-refractivity contribution in [3.8, 4) is 0 Å². The summed E-state index contributed by atoms with van der Waals surface area (Å²) in [5.41, 5.74) is 0. The summed E-state index contributed by atoms with van der Waals surface area (Å²) in [4.78, 5) is 0. The predicted molar refractivity (Wildman–Crippen MR) is 79.6 cm³/mol. The lowest BCUT2D eigenvalue weighted by molar-refractivity contribution is -0.0309. The van der Waals surface area contributed by atoms with Crippen LogP contribution in [0.4, 0.5) is 0 Å². The lowest BCUT2D eigenvalue weighted by Gasteiger charge is -2.27. The van der Waals surface area contributed by atoms with E-state index >= 15 is 0 Å². The van der Waals surface area contributed by atoms with Crippen LogP contribution in [-0.2, 0) is 4.74 Å². The van der Waals surface area contributed by atoms with E-state index < -0.39 is 6.10 Å². The van der Waals surface area contributed by atoms with Crippen molar-refractivity contribution in [2.24, 2.45) is 11.8 Å². The first-order chi connectivity index (χ1) is 9.65. The molecule has 20 heavy (non-hydrogen) atoms. The Bertz CT molecular complexity index is 274. The van der Waals surface area contributed by atoms with Crippen molar-refractivity contribution in [2.45, 2.75) is 70.2 Å². The highest BCUT2D eigenvalue weighted by Gasteiger charge is 2.25. The van der Waals surface area contributed by atoms with E-state index in [9.17, 15) is 10.2 Å². The highest BCUT2D eigenvalue weighted by atomic mass is 16.5. The summed E-state index contributed by atoms with van der Waals surface area (Å²) in [7, 11) is 0. The van der Waals surface area contributed by atoms with Gasteiger partial charge in [-0.05, 0) is 37.5 Å². The molecular weight excluding hydrogens is 254 g/mol. The maximum atomic E-state index is 9.94. The first kappa shape index (κ1) is 16.2. The molecular formula is C16H31NO3. The van der Waals surface area contributed by atoms with Crippen LogP contribution >= 0.6 is 0 Å². The van der Waals surface area contributed by atoms with E-state index in [2.05, 4.69) is 12.2 Å². The second-order valence-electron chi connectivity index (χ2n) is 6.80. The third kappa shape index (κ3) is 5.32. The van der Waals surface area contributed by atoms with Gasteiger partial charge < -0.3 is 20.3 Å². The van der Waals surface area contributed by atoms with E-state index in [4.69, 9.17) is 4.74 Å². The topological polar surface area (TPSA) is 61.7 Å². The van der Waals surface area contributed by atoms with Gasteiger partial charge in [-0.1, -0.05) is 26.2 Å². The lowest BCUT2D eigenvalue weighted by atomic mass is 9.89. The molecule has 118 valence electrons. The zero-order chi connectivity index (χ0) is 14.4. The number of hydrogen-bond acceptors (Lipinski definition) is 4. The minimum Gasteiger partial charge on any atom is -0.393 e. The van der Waals surface area contributed by atoms with Crippen LogP contribution < -0.4 is 5.32 Å². The molecule has 4 heteroatoms. The van der Waals surface area contributed by atoms with Crippen molar-refractivity contribution in [3.63, 3.8) is 0 Å². The SMILES string of the molecule is CC1CCCC(OCC(O)CNCC2CCCC2O)C1. The van der Waals surface area contributed by atoms with Gasteiger partial charge in [0.2, 0.25) is 0 Å². The average Bonchev–Trinajstić information content (AvgIpc) is 2.82.